The van der Waals surface area contributed by atoms with E-state index in [1.54, 1.807) is 26.0 Å². The van der Waals surface area contributed by atoms with E-state index in [9.17, 15) is 9.59 Å². The van der Waals surface area contributed by atoms with Crippen LogP contribution < -0.4 is 10.1 Å². The monoisotopic (exact) mass is 303 g/mol. The highest BCUT2D eigenvalue weighted by molar-refractivity contribution is 5.94. The number of hydrogen-bond donors (Lipinski definition) is 2. The third-order valence-corrected chi connectivity index (χ3v) is 2.99. The lowest BCUT2D eigenvalue weighted by Gasteiger charge is -2.16. The molecule has 0 saturated heterocycles. The average Bonchev–Trinajstić information content (AvgIpc) is 2.93. The number of hydrogen-bond acceptors (Lipinski definition) is 4. The number of carbonyl (C=O) groups is 2. The maximum atomic E-state index is 12.0. The molecule has 22 heavy (non-hydrogen) atoms. The van der Waals surface area contributed by atoms with Crippen LogP contribution in [0.15, 0.2) is 46.9 Å². The van der Waals surface area contributed by atoms with Crippen molar-refractivity contribution in [2.75, 3.05) is 0 Å². The number of para-hydroxylation sites is 1. The van der Waals surface area contributed by atoms with Crippen LogP contribution in [0.2, 0.25) is 0 Å². The number of nitrogens with one attached hydrogen (secondary N) is 1. The van der Waals surface area contributed by atoms with Gasteiger partial charge in [-0.25, -0.2) is 4.79 Å². The summed E-state index contributed by atoms with van der Waals surface area (Å²) in [5.74, 6) is -1.18. The molecule has 0 aliphatic rings. The Balaban J connectivity index is 2.04. The molecule has 6 nitrogen and oxygen atoms in total. The Morgan fingerprint density at radius 2 is 1.82 bits per heavy atom. The first-order valence-corrected chi connectivity index (χ1v) is 6.84. The Morgan fingerprint density at radius 3 is 2.41 bits per heavy atom. The normalized spacial score (nSPS) is 12.0. The number of furan rings is 1. The van der Waals surface area contributed by atoms with E-state index in [-0.39, 0.29) is 17.6 Å². The van der Waals surface area contributed by atoms with Crippen LogP contribution in [0.3, 0.4) is 0 Å². The number of carboxylic acid groups (broad SMARTS) is 1. The second-order valence-electron chi connectivity index (χ2n) is 5.07. The van der Waals surface area contributed by atoms with Crippen LogP contribution in [0.4, 0.5) is 0 Å². The Morgan fingerprint density at radius 1 is 1.14 bits per heavy atom. The molecule has 1 amide bonds. The van der Waals surface area contributed by atoms with Crippen molar-refractivity contribution in [3.05, 3.63) is 48.2 Å². The van der Waals surface area contributed by atoms with E-state index >= 15 is 0 Å². The van der Waals surface area contributed by atoms with Crippen LogP contribution in [0.1, 0.15) is 24.4 Å². The number of carbonyl (C=O) groups excluding carboxylic acids is 1. The van der Waals surface area contributed by atoms with Crippen molar-refractivity contribution in [3.8, 4) is 11.7 Å². The van der Waals surface area contributed by atoms with Gasteiger partial charge in [0.2, 0.25) is 0 Å². The molecule has 2 N–H and O–H groups in total. The van der Waals surface area contributed by atoms with Gasteiger partial charge in [-0.1, -0.05) is 32.0 Å². The highest BCUT2D eigenvalue weighted by atomic mass is 16.6. The summed E-state index contributed by atoms with van der Waals surface area (Å²) in [6.45, 7) is 3.43. The van der Waals surface area contributed by atoms with Gasteiger partial charge in [-0.3, -0.25) is 4.79 Å². The quantitative estimate of drug-likeness (QED) is 0.856. The van der Waals surface area contributed by atoms with Gasteiger partial charge in [0.15, 0.2) is 5.76 Å². The zero-order chi connectivity index (χ0) is 16.1. The van der Waals surface area contributed by atoms with Crippen molar-refractivity contribution in [1.82, 2.24) is 5.32 Å². The average molecular weight is 303 g/mol. The molecule has 1 atom stereocenters. The maximum Gasteiger partial charge on any atom is 0.326 e. The first kappa shape index (κ1) is 15.6. The van der Waals surface area contributed by atoms with Gasteiger partial charge in [0.25, 0.3) is 11.9 Å². The second-order valence-corrected chi connectivity index (χ2v) is 5.07. The zero-order valence-corrected chi connectivity index (χ0v) is 12.3. The van der Waals surface area contributed by atoms with Crippen molar-refractivity contribution >= 4 is 11.9 Å². The minimum Gasteiger partial charge on any atom is -0.480 e. The van der Waals surface area contributed by atoms with Gasteiger partial charge in [-0.05, 0) is 24.1 Å². The fraction of sp³-hybridized carbons (Fsp3) is 0.250. The second kappa shape index (κ2) is 6.80. The van der Waals surface area contributed by atoms with E-state index in [2.05, 4.69) is 5.32 Å². The predicted octanol–water partition coefficient (Wildman–Crippen LogP) is 2.91. The highest BCUT2D eigenvalue weighted by Gasteiger charge is 2.25. The largest absolute Gasteiger partial charge is 0.480 e. The van der Waals surface area contributed by atoms with E-state index in [4.69, 9.17) is 14.3 Å². The van der Waals surface area contributed by atoms with E-state index in [0.717, 1.165) is 0 Å². The van der Waals surface area contributed by atoms with E-state index in [0.29, 0.717) is 5.75 Å². The Bertz CT molecular complexity index is 648. The zero-order valence-electron chi connectivity index (χ0n) is 12.3. The van der Waals surface area contributed by atoms with Crippen LogP contribution in [0, 0.1) is 5.92 Å². The summed E-state index contributed by atoms with van der Waals surface area (Å²) >= 11 is 0. The molecule has 2 aromatic rings. The fourth-order valence-corrected chi connectivity index (χ4v) is 1.83. The summed E-state index contributed by atoms with van der Waals surface area (Å²) in [5, 5.41) is 11.5. The van der Waals surface area contributed by atoms with Gasteiger partial charge in [-0.2, -0.15) is 0 Å². The molecule has 0 fully saturated rings. The highest BCUT2D eigenvalue weighted by Crippen LogP contribution is 2.23. The van der Waals surface area contributed by atoms with Crippen LogP contribution in [0.25, 0.3) is 0 Å². The molecule has 116 valence electrons. The number of benzene rings is 1. The lowest BCUT2D eigenvalue weighted by Crippen LogP contribution is -2.44. The van der Waals surface area contributed by atoms with Crippen LogP contribution in [-0.4, -0.2) is 23.0 Å². The predicted molar refractivity (Wildman–Crippen MR) is 79.0 cm³/mol. The summed E-state index contributed by atoms with van der Waals surface area (Å²) in [4.78, 5) is 23.1. The molecule has 0 unspecified atom stereocenters. The van der Waals surface area contributed by atoms with Crippen LogP contribution >= 0.6 is 0 Å². The number of carboxylic acids is 1. The van der Waals surface area contributed by atoms with Crippen molar-refractivity contribution < 1.29 is 23.8 Å². The maximum absolute atomic E-state index is 12.0. The third kappa shape index (κ3) is 3.88. The van der Waals surface area contributed by atoms with Crippen molar-refractivity contribution in [2.24, 2.45) is 5.92 Å². The van der Waals surface area contributed by atoms with Gasteiger partial charge in [-0.15, -0.1) is 0 Å². The number of ether oxygens (including phenoxy) is 1. The fourth-order valence-electron chi connectivity index (χ4n) is 1.83. The van der Waals surface area contributed by atoms with Crippen LogP contribution in [-0.2, 0) is 4.79 Å². The molecule has 1 aromatic heterocycles. The first-order valence-electron chi connectivity index (χ1n) is 6.84. The van der Waals surface area contributed by atoms with Gasteiger partial charge in [0.1, 0.15) is 11.8 Å². The molecule has 0 aliphatic heterocycles. The minimum atomic E-state index is -1.09. The summed E-state index contributed by atoms with van der Waals surface area (Å²) < 4.78 is 10.7. The number of amides is 1. The Labute approximate surface area is 127 Å². The molecular formula is C16H17NO5. The molecule has 1 heterocycles. The van der Waals surface area contributed by atoms with E-state index in [1.165, 1.54) is 12.1 Å². The molecule has 0 aliphatic carbocycles. The lowest BCUT2D eigenvalue weighted by molar-refractivity contribution is -0.140. The minimum absolute atomic E-state index is 0.00201. The van der Waals surface area contributed by atoms with Crippen molar-refractivity contribution in [1.29, 1.82) is 0 Å². The summed E-state index contributed by atoms with van der Waals surface area (Å²) in [6, 6.07) is 10.9. The van der Waals surface area contributed by atoms with Crippen LogP contribution in [0.5, 0.6) is 11.7 Å². The van der Waals surface area contributed by atoms with Crippen molar-refractivity contribution in [2.45, 2.75) is 19.9 Å². The third-order valence-electron chi connectivity index (χ3n) is 2.99. The number of aliphatic carboxylic acids is 1. The molecule has 0 radical (unpaired) electrons. The number of rotatable bonds is 6. The molecule has 0 bridgehead atoms. The topological polar surface area (TPSA) is 88.8 Å². The van der Waals surface area contributed by atoms with Gasteiger partial charge in [0.05, 0.1) is 0 Å². The standard InChI is InChI=1S/C16H17NO5/c1-10(2)14(16(19)20)17-15(18)12-8-9-13(22-12)21-11-6-4-3-5-7-11/h3-10,14H,1-2H3,(H,17,18)(H,19,20)/t14-/m1/s1. The Hall–Kier alpha value is -2.76. The molecule has 6 heteroatoms. The molecular weight excluding hydrogens is 286 g/mol. The van der Waals surface area contributed by atoms with E-state index < -0.39 is 17.9 Å². The van der Waals surface area contributed by atoms with E-state index in [1.807, 2.05) is 18.2 Å². The van der Waals surface area contributed by atoms with Gasteiger partial charge < -0.3 is 19.6 Å². The molecule has 2 rings (SSSR count). The SMILES string of the molecule is CC(C)[C@@H](NC(=O)c1ccc(Oc2ccccc2)o1)C(=O)O. The summed E-state index contributed by atoms with van der Waals surface area (Å²) in [6.07, 6.45) is 0. The molecule has 0 spiro atoms. The molecule has 1 aromatic carbocycles. The summed E-state index contributed by atoms with van der Waals surface area (Å²) in [7, 11) is 0. The van der Waals surface area contributed by atoms with Gasteiger partial charge in [0, 0.05) is 6.07 Å². The smallest absolute Gasteiger partial charge is 0.326 e. The molecule has 0 saturated carbocycles. The summed E-state index contributed by atoms with van der Waals surface area (Å²) in [5.41, 5.74) is 0. The van der Waals surface area contributed by atoms with Crippen molar-refractivity contribution in [3.63, 3.8) is 0 Å². The Kier molecular flexibility index (Phi) is 4.83. The first-order chi connectivity index (χ1) is 10.5. The van der Waals surface area contributed by atoms with Gasteiger partial charge >= 0.3 is 5.97 Å². The lowest BCUT2D eigenvalue weighted by atomic mass is 10.0.